The molecule has 2 aromatic heterocycles. The second-order valence-corrected chi connectivity index (χ2v) is 7.31. The van der Waals surface area contributed by atoms with Crippen molar-refractivity contribution in [3.8, 4) is 5.82 Å². The molecule has 0 spiro atoms. The van der Waals surface area contributed by atoms with Crippen LogP contribution >= 0.6 is 11.6 Å². The lowest BCUT2D eigenvalue weighted by molar-refractivity contribution is -0.383. The number of nitrogens with one attached hydrogen (secondary N) is 1. The maximum atomic E-state index is 12.7. The summed E-state index contributed by atoms with van der Waals surface area (Å²) in [4.78, 5) is 38.0. The summed E-state index contributed by atoms with van der Waals surface area (Å²) in [5, 5.41) is 14.2. The highest BCUT2D eigenvalue weighted by molar-refractivity contribution is 6.31. The van der Waals surface area contributed by atoms with E-state index in [1.807, 2.05) is 6.07 Å². The van der Waals surface area contributed by atoms with Gasteiger partial charge in [0.05, 0.1) is 4.92 Å². The number of halogens is 1. The van der Waals surface area contributed by atoms with Gasteiger partial charge in [-0.25, -0.2) is 15.0 Å². The topological polar surface area (TPSA) is 119 Å². The largest absolute Gasteiger partial charge is 0.356 e. The van der Waals surface area contributed by atoms with Gasteiger partial charge in [-0.2, -0.15) is 0 Å². The maximum Gasteiger partial charge on any atom is 0.292 e. The lowest BCUT2D eigenvalue weighted by Crippen LogP contribution is -2.38. The van der Waals surface area contributed by atoms with Crippen molar-refractivity contribution in [1.82, 2.24) is 19.5 Å². The van der Waals surface area contributed by atoms with Gasteiger partial charge in [-0.3, -0.25) is 19.5 Å². The molecule has 30 heavy (non-hydrogen) atoms. The van der Waals surface area contributed by atoms with Crippen molar-refractivity contribution in [2.75, 3.05) is 23.3 Å². The molecule has 154 valence electrons. The Labute approximate surface area is 176 Å². The van der Waals surface area contributed by atoms with Crippen LogP contribution in [-0.2, 0) is 4.79 Å². The summed E-state index contributed by atoms with van der Waals surface area (Å²) in [5.41, 5.74) is -0.0705. The fraction of sp³-hybridized carbons (Fsp3) is 0.263. The van der Waals surface area contributed by atoms with Crippen LogP contribution in [0.4, 0.5) is 17.2 Å². The molecule has 0 bridgehead atoms. The molecule has 1 N–H and O–H groups in total. The molecule has 0 unspecified atom stereocenters. The summed E-state index contributed by atoms with van der Waals surface area (Å²) in [6.07, 6.45) is 7.85. The predicted octanol–water partition coefficient (Wildman–Crippen LogP) is 3.08. The van der Waals surface area contributed by atoms with Crippen LogP contribution in [0.25, 0.3) is 5.82 Å². The van der Waals surface area contributed by atoms with Crippen LogP contribution in [0.5, 0.6) is 0 Å². The average molecular weight is 428 g/mol. The quantitative estimate of drug-likeness (QED) is 0.490. The third-order valence-corrected chi connectivity index (χ3v) is 5.25. The molecular weight excluding hydrogens is 410 g/mol. The van der Waals surface area contributed by atoms with Crippen molar-refractivity contribution in [1.29, 1.82) is 0 Å². The second-order valence-electron chi connectivity index (χ2n) is 6.87. The van der Waals surface area contributed by atoms with Gasteiger partial charge in [-0.15, -0.1) is 0 Å². The molecule has 0 radical (unpaired) electrons. The summed E-state index contributed by atoms with van der Waals surface area (Å²) in [7, 11) is 0. The highest BCUT2D eigenvalue weighted by atomic mass is 35.5. The van der Waals surface area contributed by atoms with E-state index in [0.29, 0.717) is 36.8 Å². The van der Waals surface area contributed by atoms with E-state index in [4.69, 9.17) is 11.6 Å². The zero-order valence-electron chi connectivity index (χ0n) is 15.8. The van der Waals surface area contributed by atoms with Crippen molar-refractivity contribution in [2.24, 2.45) is 5.92 Å². The number of amides is 1. The molecule has 3 aromatic rings. The molecule has 1 aromatic carbocycles. The van der Waals surface area contributed by atoms with Gasteiger partial charge >= 0.3 is 0 Å². The van der Waals surface area contributed by atoms with Crippen molar-refractivity contribution in [3.63, 3.8) is 0 Å². The SMILES string of the molecule is O=C(Nc1cc(Cl)ccc1[N+](=O)[O-])C1CCN(c2cc(-n3ccnc3)ncn2)CC1. The summed E-state index contributed by atoms with van der Waals surface area (Å²) in [5.74, 6) is 0.986. The van der Waals surface area contributed by atoms with Crippen LogP contribution in [0.15, 0.2) is 49.3 Å². The number of nitro groups is 1. The molecule has 3 heterocycles. The Kier molecular flexibility index (Phi) is 5.57. The molecule has 1 fully saturated rings. The van der Waals surface area contributed by atoms with Gasteiger partial charge in [0.25, 0.3) is 5.69 Å². The highest BCUT2D eigenvalue weighted by Gasteiger charge is 2.27. The smallest absolute Gasteiger partial charge is 0.292 e. The first-order chi connectivity index (χ1) is 14.5. The Morgan fingerprint density at radius 3 is 2.67 bits per heavy atom. The number of nitrogens with zero attached hydrogens (tertiary/aromatic N) is 6. The number of hydrogen-bond acceptors (Lipinski definition) is 7. The van der Waals surface area contributed by atoms with Crippen LogP contribution in [0.2, 0.25) is 5.02 Å². The Hall–Kier alpha value is -3.53. The molecule has 11 heteroatoms. The van der Waals surface area contributed by atoms with E-state index in [0.717, 1.165) is 5.82 Å². The van der Waals surface area contributed by atoms with Crippen LogP contribution in [0.1, 0.15) is 12.8 Å². The number of imidazole rings is 1. The van der Waals surface area contributed by atoms with Crippen molar-refractivity contribution in [3.05, 3.63) is 64.5 Å². The van der Waals surface area contributed by atoms with Crippen LogP contribution in [0.3, 0.4) is 0 Å². The number of piperidine rings is 1. The Morgan fingerprint density at radius 1 is 1.20 bits per heavy atom. The molecule has 0 saturated carbocycles. The Bertz CT molecular complexity index is 1070. The molecule has 1 amide bonds. The van der Waals surface area contributed by atoms with Crippen molar-refractivity contribution >= 4 is 34.7 Å². The third kappa shape index (κ3) is 4.23. The number of aromatic nitrogens is 4. The van der Waals surface area contributed by atoms with Crippen LogP contribution in [-0.4, -0.2) is 43.4 Å². The maximum absolute atomic E-state index is 12.7. The van der Waals surface area contributed by atoms with E-state index >= 15 is 0 Å². The van der Waals surface area contributed by atoms with Gasteiger partial charge in [0.1, 0.15) is 30.0 Å². The molecule has 1 saturated heterocycles. The Balaban J connectivity index is 1.40. The third-order valence-electron chi connectivity index (χ3n) is 5.01. The van der Waals surface area contributed by atoms with Gasteiger partial charge in [0.2, 0.25) is 5.91 Å². The Morgan fingerprint density at radius 2 is 1.97 bits per heavy atom. The van der Waals surface area contributed by atoms with Crippen molar-refractivity contribution < 1.29 is 9.72 Å². The molecule has 0 atom stereocenters. The number of carbonyl (C=O) groups excluding carboxylic acids is 1. The average Bonchev–Trinajstić information content (AvgIpc) is 3.29. The van der Waals surface area contributed by atoms with E-state index in [-0.39, 0.29) is 23.2 Å². The number of nitro benzene ring substituents is 1. The zero-order chi connectivity index (χ0) is 21.1. The monoisotopic (exact) mass is 427 g/mol. The van der Waals surface area contributed by atoms with E-state index < -0.39 is 4.92 Å². The number of anilines is 2. The number of benzene rings is 1. The molecule has 0 aliphatic carbocycles. The minimum absolute atomic E-state index is 0.112. The number of hydrogen-bond donors (Lipinski definition) is 1. The molecule has 1 aliphatic rings. The van der Waals surface area contributed by atoms with E-state index in [9.17, 15) is 14.9 Å². The normalized spacial score (nSPS) is 14.5. The number of carbonyl (C=O) groups is 1. The van der Waals surface area contributed by atoms with E-state index in [2.05, 4.69) is 25.2 Å². The first-order valence-corrected chi connectivity index (χ1v) is 9.69. The fourth-order valence-electron chi connectivity index (χ4n) is 3.42. The lowest BCUT2D eigenvalue weighted by Gasteiger charge is -2.32. The van der Waals surface area contributed by atoms with Crippen LogP contribution in [0, 0.1) is 16.0 Å². The van der Waals surface area contributed by atoms with Gasteiger partial charge in [0.15, 0.2) is 0 Å². The highest BCUT2D eigenvalue weighted by Crippen LogP contribution is 2.29. The minimum Gasteiger partial charge on any atom is -0.356 e. The van der Waals surface area contributed by atoms with Gasteiger partial charge in [0, 0.05) is 48.6 Å². The zero-order valence-corrected chi connectivity index (χ0v) is 16.6. The van der Waals surface area contributed by atoms with Crippen LogP contribution < -0.4 is 10.2 Å². The predicted molar refractivity (Wildman–Crippen MR) is 111 cm³/mol. The van der Waals surface area contributed by atoms with Gasteiger partial charge in [-0.05, 0) is 25.0 Å². The standard InChI is InChI=1S/C19H18ClN7O3/c20-14-1-2-16(27(29)30)15(9-14)24-19(28)13-3-6-25(7-4-13)17-10-18(23-11-22-17)26-8-5-21-12-26/h1-2,5,8-13H,3-4,6-7H2,(H,24,28). The van der Waals surface area contributed by atoms with E-state index in [1.165, 1.54) is 24.5 Å². The number of rotatable bonds is 5. The molecule has 1 aliphatic heterocycles. The van der Waals surface area contributed by atoms with Gasteiger partial charge in [-0.1, -0.05) is 11.6 Å². The molecule has 10 nitrogen and oxygen atoms in total. The molecular formula is C19H18ClN7O3. The molecule has 4 rings (SSSR count). The minimum atomic E-state index is -0.540. The summed E-state index contributed by atoms with van der Waals surface area (Å²) in [6.45, 7) is 1.27. The summed E-state index contributed by atoms with van der Waals surface area (Å²) in [6, 6.07) is 5.98. The fourth-order valence-corrected chi connectivity index (χ4v) is 3.59. The van der Waals surface area contributed by atoms with E-state index in [1.54, 1.807) is 23.3 Å². The second kappa shape index (κ2) is 8.46. The first kappa shape index (κ1) is 19.8. The lowest BCUT2D eigenvalue weighted by atomic mass is 9.95. The summed E-state index contributed by atoms with van der Waals surface area (Å²) < 4.78 is 1.79. The van der Waals surface area contributed by atoms with Crippen molar-refractivity contribution in [2.45, 2.75) is 12.8 Å². The summed E-state index contributed by atoms with van der Waals surface area (Å²) >= 11 is 5.93. The first-order valence-electron chi connectivity index (χ1n) is 9.31. The van der Waals surface area contributed by atoms with Gasteiger partial charge < -0.3 is 10.2 Å².